The van der Waals surface area contributed by atoms with Gasteiger partial charge in [-0.3, -0.25) is 4.98 Å². The summed E-state index contributed by atoms with van der Waals surface area (Å²) in [6.45, 7) is 3.36. The Morgan fingerprint density at radius 1 is 1.44 bits per heavy atom. The highest BCUT2D eigenvalue weighted by Gasteiger charge is 2.20. The van der Waals surface area contributed by atoms with Gasteiger partial charge in [0.25, 0.3) is 0 Å². The first-order valence-electron chi connectivity index (χ1n) is 6.18. The molecule has 0 spiro atoms. The van der Waals surface area contributed by atoms with Crippen LogP contribution in [0.4, 0.5) is 5.69 Å². The van der Waals surface area contributed by atoms with Crippen molar-refractivity contribution < 1.29 is 0 Å². The van der Waals surface area contributed by atoms with Crippen LogP contribution in [0.15, 0.2) is 18.3 Å². The van der Waals surface area contributed by atoms with Gasteiger partial charge in [0.2, 0.25) is 0 Å². The summed E-state index contributed by atoms with van der Waals surface area (Å²) < 4.78 is 0. The first-order valence-corrected chi connectivity index (χ1v) is 6.18. The van der Waals surface area contributed by atoms with Crippen molar-refractivity contribution in [2.24, 2.45) is 5.92 Å². The lowest BCUT2D eigenvalue weighted by Gasteiger charge is -2.11. The van der Waals surface area contributed by atoms with Gasteiger partial charge < -0.3 is 11.1 Å². The quantitative estimate of drug-likeness (QED) is 0.814. The van der Waals surface area contributed by atoms with Crippen LogP contribution in [0.1, 0.15) is 31.9 Å². The molecule has 1 fully saturated rings. The van der Waals surface area contributed by atoms with Gasteiger partial charge in [-0.2, -0.15) is 0 Å². The third-order valence-corrected chi connectivity index (χ3v) is 3.36. The fourth-order valence-electron chi connectivity index (χ4n) is 2.38. The molecule has 1 saturated carbocycles. The Balaban J connectivity index is 1.70. The second-order valence-electron chi connectivity index (χ2n) is 4.90. The first kappa shape index (κ1) is 11.4. The Morgan fingerprint density at radius 3 is 2.94 bits per heavy atom. The van der Waals surface area contributed by atoms with E-state index in [1.165, 1.54) is 19.3 Å². The van der Waals surface area contributed by atoms with E-state index in [0.717, 1.165) is 36.3 Å². The van der Waals surface area contributed by atoms with Crippen LogP contribution in [-0.2, 0) is 6.42 Å². The minimum absolute atomic E-state index is 0.726. The summed E-state index contributed by atoms with van der Waals surface area (Å²) in [5, 5.41) is 3.60. The standard InChI is InChI=1S/C13H21N3/c1-10-2-4-13(8-10)15-7-6-12-5-3-11(14)9-16-12/h3,5,9-10,13,15H,2,4,6-8,14H2,1H3. The Kier molecular flexibility index (Phi) is 3.78. The van der Waals surface area contributed by atoms with E-state index in [1.807, 2.05) is 12.1 Å². The molecular weight excluding hydrogens is 198 g/mol. The zero-order chi connectivity index (χ0) is 11.4. The molecule has 16 heavy (non-hydrogen) atoms. The van der Waals surface area contributed by atoms with E-state index in [4.69, 9.17) is 5.73 Å². The van der Waals surface area contributed by atoms with E-state index in [-0.39, 0.29) is 0 Å². The van der Waals surface area contributed by atoms with Crippen LogP contribution in [0.2, 0.25) is 0 Å². The normalized spacial score (nSPS) is 24.8. The average Bonchev–Trinajstić information content (AvgIpc) is 2.67. The summed E-state index contributed by atoms with van der Waals surface area (Å²) in [7, 11) is 0. The Bertz CT molecular complexity index is 320. The number of nitrogens with zero attached hydrogens (tertiary/aromatic N) is 1. The van der Waals surface area contributed by atoms with Gasteiger partial charge in [0.05, 0.1) is 11.9 Å². The lowest BCUT2D eigenvalue weighted by molar-refractivity contribution is 0.504. The van der Waals surface area contributed by atoms with E-state index in [2.05, 4.69) is 17.2 Å². The van der Waals surface area contributed by atoms with Crippen molar-refractivity contribution in [2.45, 2.75) is 38.6 Å². The second kappa shape index (κ2) is 5.30. The molecule has 3 heteroatoms. The van der Waals surface area contributed by atoms with Gasteiger partial charge >= 0.3 is 0 Å². The fraction of sp³-hybridized carbons (Fsp3) is 0.615. The van der Waals surface area contributed by atoms with Crippen molar-refractivity contribution in [3.05, 3.63) is 24.0 Å². The summed E-state index contributed by atoms with van der Waals surface area (Å²) in [4.78, 5) is 4.29. The zero-order valence-corrected chi connectivity index (χ0v) is 9.95. The number of pyridine rings is 1. The van der Waals surface area contributed by atoms with Crippen molar-refractivity contribution in [3.63, 3.8) is 0 Å². The van der Waals surface area contributed by atoms with Crippen molar-refractivity contribution in [3.8, 4) is 0 Å². The monoisotopic (exact) mass is 219 g/mol. The Labute approximate surface area is 97.5 Å². The maximum atomic E-state index is 5.59. The van der Waals surface area contributed by atoms with Gasteiger partial charge in [-0.05, 0) is 37.3 Å². The number of anilines is 1. The Morgan fingerprint density at radius 2 is 2.31 bits per heavy atom. The molecule has 1 aliphatic carbocycles. The predicted octanol–water partition coefficient (Wildman–Crippen LogP) is 1.98. The van der Waals surface area contributed by atoms with Crippen LogP contribution in [0.5, 0.6) is 0 Å². The molecule has 3 nitrogen and oxygen atoms in total. The summed E-state index contributed by atoms with van der Waals surface area (Å²) >= 11 is 0. The van der Waals surface area contributed by atoms with Gasteiger partial charge in [0, 0.05) is 24.7 Å². The van der Waals surface area contributed by atoms with Crippen LogP contribution in [0.25, 0.3) is 0 Å². The van der Waals surface area contributed by atoms with Crippen LogP contribution in [0, 0.1) is 5.92 Å². The lowest BCUT2D eigenvalue weighted by atomic mass is 10.1. The summed E-state index contributed by atoms with van der Waals surface area (Å²) in [6, 6.07) is 4.65. The SMILES string of the molecule is CC1CCC(NCCc2ccc(N)cn2)C1. The largest absolute Gasteiger partial charge is 0.397 e. The van der Waals surface area contributed by atoms with E-state index >= 15 is 0 Å². The number of rotatable bonds is 4. The fourth-order valence-corrected chi connectivity index (χ4v) is 2.38. The maximum Gasteiger partial charge on any atom is 0.0501 e. The maximum absolute atomic E-state index is 5.59. The molecule has 0 amide bonds. The highest BCUT2D eigenvalue weighted by Crippen LogP contribution is 2.24. The minimum atomic E-state index is 0.726. The number of hydrogen-bond donors (Lipinski definition) is 2. The van der Waals surface area contributed by atoms with Crippen molar-refractivity contribution in [1.82, 2.24) is 10.3 Å². The number of aromatic nitrogens is 1. The van der Waals surface area contributed by atoms with Crippen LogP contribution in [0.3, 0.4) is 0 Å². The third kappa shape index (κ3) is 3.20. The lowest BCUT2D eigenvalue weighted by Crippen LogP contribution is -2.28. The molecule has 0 aromatic carbocycles. The molecule has 88 valence electrons. The molecule has 3 N–H and O–H groups in total. The second-order valence-corrected chi connectivity index (χ2v) is 4.90. The third-order valence-electron chi connectivity index (χ3n) is 3.36. The van der Waals surface area contributed by atoms with E-state index in [9.17, 15) is 0 Å². The predicted molar refractivity (Wildman–Crippen MR) is 67.2 cm³/mol. The van der Waals surface area contributed by atoms with E-state index < -0.39 is 0 Å². The summed E-state index contributed by atoms with van der Waals surface area (Å²) in [5.41, 5.74) is 7.45. The molecule has 0 saturated heterocycles. The molecule has 1 aromatic rings. The molecule has 1 aliphatic rings. The first-order chi connectivity index (χ1) is 7.74. The van der Waals surface area contributed by atoms with Crippen LogP contribution in [-0.4, -0.2) is 17.6 Å². The van der Waals surface area contributed by atoms with Gasteiger partial charge in [0.15, 0.2) is 0 Å². The van der Waals surface area contributed by atoms with Crippen LogP contribution < -0.4 is 11.1 Å². The molecule has 2 rings (SSSR count). The number of nitrogens with one attached hydrogen (secondary N) is 1. The van der Waals surface area contributed by atoms with Gasteiger partial charge in [-0.1, -0.05) is 6.92 Å². The van der Waals surface area contributed by atoms with Crippen molar-refractivity contribution in [2.75, 3.05) is 12.3 Å². The highest BCUT2D eigenvalue weighted by molar-refractivity contribution is 5.34. The van der Waals surface area contributed by atoms with Gasteiger partial charge in [-0.25, -0.2) is 0 Å². The molecule has 1 aromatic heterocycles. The molecule has 0 aliphatic heterocycles. The molecule has 0 bridgehead atoms. The van der Waals surface area contributed by atoms with Gasteiger partial charge in [-0.15, -0.1) is 0 Å². The van der Waals surface area contributed by atoms with E-state index in [0.29, 0.717) is 0 Å². The number of nitrogen functional groups attached to an aromatic ring is 1. The smallest absolute Gasteiger partial charge is 0.0501 e. The summed E-state index contributed by atoms with van der Waals surface area (Å²) in [6.07, 6.45) is 6.75. The topological polar surface area (TPSA) is 50.9 Å². The molecule has 1 heterocycles. The summed E-state index contributed by atoms with van der Waals surface area (Å²) in [5.74, 6) is 0.896. The molecule has 2 atom stereocenters. The average molecular weight is 219 g/mol. The van der Waals surface area contributed by atoms with Crippen molar-refractivity contribution in [1.29, 1.82) is 0 Å². The minimum Gasteiger partial charge on any atom is -0.397 e. The number of hydrogen-bond acceptors (Lipinski definition) is 3. The Hall–Kier alpha value is -1.09. The van der Waals surface area contributed by atoms with Crippen LogP contribution >= 0.6 is 0 Å². The highest BCUT2D eigenvalue weighted by atomic mass is 14.9. The zero-order valence-electron chi connectivity index (χ0n) is 9.95. The molecule has 2 unspecified atom stereocenters. The van der Waals surface area contributed by atoms with Crippen molar-refractivity contribution >= 4 is 5.69 Å². The number of nitrogens with two attached hydrogens (primary N) is 1. The van der Waals surface area contributed by atoms with E-state index in [1.54, 1.807) is 6.20 Å². The molecule has 0 radical (unpaired) electrons. The molecular formula is C13H21N3. The van der Waals surface area contributed by atoms with Gasteiger partial charge in [0.1, 0.15) is 0 Å².